The monoisotopic (exact) mass is 367 g/mol. The summed E-state index contributed by atoms with van der Waals surface area (Å²) in [4.78, 5) is 16.7. The highest BCUT2D eigenvalue weighted by Crippen LogP contribution is 2.14. The third-order valence-electron chi connectivity index (χ3n) is 4.79. The Kier molecular flexibility index (Phi) is 5.89. The zero-order valence-electron chi connectivity index (χ0n) is 15.3. The Hall–Kier alpha value is -2.40. The number of benzene rings is 2. The molecule has 26 heavy (non-hydrogen) atoms. The van der Waals surface area contributed by atoms with Crippen LogP contribution in [0.5, 0.6) is 0 Å². The summed E-state index contributed by atoms with van der Waals surface area (Å²) >= 11 is 5.57. The predicted molar refractivity (Wildman–Crippen MR) is 109 cm³/mol. The van der Waals surface area contributed by atoms with E-state index in [0.29, 0.717) is 13.1 Å². The standard InChI is InChI=1S/C21H25N3OS/c1-16-8-10-19(11-9-16)20(25)23-12-14-24(15-13-23)21(26)22-17(2)18-6-4-3-5-7-18/h3-11,17H,12-15H2,1-2H3,(H,22,26)/t17-/m1/s1. The van der Waals surface area contributed by atoms with E-state index < -0.39 is 0 Å². The first-order chi connectivity index (χ1) is 12.5. The zero-order chi connectivity index (χ0) is 18.5. The van der Waals surface area contributed by atoms with Gasteiger partial charge >= 0.3 is 0 Å². The Morgan fingerprint density at radius 2 is 1.54 bits per heavy atom. The minimum Gasteiger partial charge on any atom is -0.356 e. The van der Waals surface area contributed by atoms with Crippen molar-refractivity contribution in [1.82, 2.24) is 15.1 Å². The van der Waals surface area contributed by atoms with Crippen molar-refractivity contribution in [2.24, 2.45) is 0 Å². The highest BCUT2D eigenvalue weighted by molar-refractivity contribution is 7.80. The first-order valence-corrected chi connectivity index (χ1v) is 9.42. The van der Waals surface area contributed by atoms with E-state index in [-0.39, 0.29) is 11.9 Å². The second-order valence-electron chi connectivity index (χ2n) is 6.73. The molecule has 0 aliphatic carbocycles. The van der Waals surface area contributed by atoms with Crippen molar-refractivity contribution < 1.29 is 4.79 Å². The van der Waals surface area contributed by atoms with Crippen molar-refractivity contribution in [3.05, 3.63) is 71.3 Å². The molecule has 0 bridgehead atoms. The van der Waals surface area contributed by atoms with E-state index in [4.69, 9.17) is 12.2 Å². The van der Waals surface area contributed by atoms with Gasteiger partial charge in [0.25, 0.3) is 5.91 Å². The lowest BCUT2D eigenvalue weighted by Gasteiger charge is -2.37. The largest absolute Gasteiger partial charge is 0.356 e. The van der Waals surface area contributed by atoms with E-state index in [9.17, 15) is 4.79 Å². The summed E-state index contributed by atoms with van der Waals surface area (Å²) < 4.78 is 0. The lowest BCUT2D eigenvalue weighted by molar-refractivity contribution is 0.0691. The number of carbonyl (C=O) groups is 1. The summed E-state index contributed by atoms with van der Waals surface area (Å²) in [6.45, 7) is 7.02. The molecule has 2 aromatic rings. The molecule has 0 spiro atoms. The molecule has 4 nitrogen and oxygen atoms in total. The van der Waals surface area contributed by atoms with Gasteiger partial charge in [0.1, 0.15) is 0 Å². The maximum atomic E-state index is 12.6. The molecule has 1 aliphatic heterocycles. The first kappa shape index (κ1) is 18.4. The number of hydrogen-bond acceptors (Lipinski definition) is 2. The van der Waals surface area contributed by atoms with Gasteiger partial charge in [0.2, 0.25) is 0 Å². The van der Waals surface area contributed by atoms with Crippen LogP contribution < -0.4 is 5.32 Å². The topological polar surface area (TPSA) is 35.6 Å². The van der Waals surface area contributed by atoms with Gasteiger partial charge in [0.15, 0.2) is 5.11 Å². The van der Waals surface area contributed by atoms with Crippen molar-refractivity contribution in [3.63, 3.8) is 0 Å². The number of nitrogens with one attached hydrogen (secondary N) is 1. The van der Waals surface area contributed by atoms with Crippen LogP contribution in [0.25, 0.3) is 0 Å². The average molecular weight is 368 g/mol. The maximum absolute atomic E-state index is 12.6. The molecule has 1 heterocycles. The first-order valence-electron chi connectivity index (χ1n) is 9.01. The van der Waals surface area contributed by atoms with E-state index in [1.807, 2.05) is 54.3 Å². The fourth-order valence-electron chi connectivity index (χ4n) is 3.09. The van der Waals surface area contributed by atoms with Gasteiger partial charge in [-0.05, 0) is 43.8 Å². The smallest absolute Gasteiger partial charge is 0.253 e. The minimum atomic E-state index is 0.0983. The number of carbonyl (C=O) groups excluding carboxylic acids is 1. The van der Waals surface area contributed by atoms with Crippen molar-refractivity contribution in [3.8, 4) is 0 Å². The van der Waals surface area contributed by atoms with Crippen LogP contribution in [0.1, 0.15) is 34.5 Å². The third kappa shape index (κ3) is 4.41. The van der Waals surface area contributed by atoms with Gasteiger partial charge in [0.05, 0.1) is 6.04 Å². The SMILES string of the molecule is Cc1ccc(C(=O)N2CCN(C(=S)N[C@H](C)c3ccccc3)CC2)cc1. The van der Waals surface area contributed by atoms with Gasteiger partial charge in [-0.15, -0.1) is 0 Å². The average Bonchev–Trinajstić information content (AvgIpc) is 2.69. The molecular weight excluding hydrogens is 342 g/mol. The Morgan fingerprint density at radius 3 is 2.15 bits per heavy atom. The Bertz CT molecular complexity index is 753. The molecule has 0 radical (unpaired) electrons. The summed E-state index contributed by atoms with van der Waals surface area (Å²) in [5.74, 6) is 0.0983. The van der Waals surface area contributed by atoms with Crippen LogP contribution in [-0.4, -0.2) is 47.0 Å². The summed E-state index contributed by atoms with van der Waals surface area (Å²) in [6, 6.07) is 18.2. The molecule has 1 aliphatic rings. The van der Waals surface area contributed by atoms with Gasteiger partial charge in [-0.2, -0.15) is 0 Å². The molecule has 136 valence electrons. The van der Waals surface area contributed by atoms with E-state index in [0.717, 1.165) is 29.3 Å². The fraction of sp³-hybridized carbons (Fsp3) is 0.333. The molecular formula is C21H25N3OS. The molecule has 1 N–H and O–H groups in total. The zero-order valence-corrected chi connectivity index (χ0v) is 16.1. The number of nitrogens with zero attached hydrogens (tertiary/aromatic N) is 2. The van der Waals surface area contributed by atoms with Crippen molar-refractivity contribution >= 4 is 23.2 Å². The molecule has 5 heteroatoms. The molecule has 1 fully saturated rings. The lowest BCUT2D eigenvalue weighted by atomic mass is 10.1. The van der Waals surface area contributed by atoms with Gasteiger partial charge in [-0.25, -0.2) is 0 Å². The number of thiocarbonyl (C=S) groups is 1. The molecule has 0 unspecified atom stereocenters. The fourth-order valence-corrected chi connectivity index (χ4v) is 3.45. The van der Waals surface area contributed by atoms with Crippen LogP contribution in [-0.2, 0) is 0 Å². The highest BCUT2D eigenvalue weighted by atomic mass is 32.1. The van der Waals surface area contributed by atoms with Crippen molar-refractivity contribution in [1.29, 1.82) is 0 Å². The summed E-state index contributed by atoms with van der Waals surface area (Å²) in [7, 11) is 0. The van der Waals surface area contributed by atoms with E-state index >= 15 is 0 Å². The van der Waals surface area contributed by atoms with Gasteiger partial charge in [-0.3, -0.25) is 4.79 Å². The lowest BCUT2D eigenvalue weighted by Crippen LogP contribution is -2.53. The molecule has 0 saturated carbocycles. The molecule has 1 atom stereocenters. The summed E-state index contributed by atoms with van der Waals surface area (Å²) in [6.07, 6.45) is 0. The van der Waals surface area contributed by atoms with E-state index in [1.54, 1.807) is 0 Å². The number of rotatable bonds is 3. The Labute approximate surface area is 160 Å². The van der Waals surface area contributed by atoms with Crippen LogP contribution >= 0.6 is 12.2 Å². The Balaban J connectivity index is 1.52. The van der Waals surface area contributed by atoms with Gasteiger partial charge in [-0.1, -0.05) is 48.0 Å². The highest BCUT2D eigenvalue weighted by Gasteiger charge is 2.24. The van der Waals surface area contributed by atoms with E-state index in [1.165, 1.54) is 5.56 Å². The molecule has 1 saturated heterocycles. The summed E-state index contributed by atoms with van der Waals surface area (Å²) in [5.41, 5.74) is 3.13. The minimum absolute atomic E-state index is 0.0983. The number of hydrogen-bond donors (Lipinski definition) is 1. The van der Waals surface area contributed by atoms with Crippen LogP contribution in [0.15, 0.2) is 54.6 Å². The van der Waals surface area contributed by atoms with Crippen LogP contribution in [0.3, 0.4) is 0 Å². The van der Waals surface area contributed by atoms with Crippen LogP contribution in [0, 0.1) is 6.92 Å². The van der Waals surface area contributed by atoms with Gasteiger partial charge < -0.3 is 15.1 Å². The quantitative estimate of drug-likeness (QED) is 0.844. The molecule has 2 aromatic carbocycles. The molecule has 0 aromatic heterocycles. The second-order valence-corrected chi connectivity index (χ2v) is 7.11. The number of amides is 1. The molecule has 3 rings (SSSR count). The number of aryl methyl sites for hydroxylation is 1. The third-order valence-corrected chi connectivity index (χ3v) is 5.17. The van der Waals surface area contributed by atoms with E-state index in [2.05, 4.69) is 29.3 Å². The van der Waals surface area contributed by atoms with Gasteiger partial charge in [0, 0.05) is 31.7 Å². The second kappa shape index (κ2) is 8.32. The molecule has 1 amide bonds. The normalized spacial score (nSPS) is 15.5. The number of piperazine rings is 1. The predicted octanol–water partition coefficient (Wildman–Crippen LogP) is 3.39. The van der Waals surface area contributed by atoms with Crippen molar-refractivity contribution in [2.45, 2.75) is 19.9 Å². The Morgan fingerprint density at radius 1 is 0.962 bits per heavy atom. The maximum Gasteiger partial charge on any atom is 0.253 e. The van der Waals surface area contributed by atoms with Crippen molar-refractivity contribution in [2.75, 3.05) is 26.2 Å². The van der Waals surface area contributed by atoms with Crippen LogP contribution in [0.4, 0.5) is 0 Å². The van der Waals surface area contributed by atoms with Crippen LogP contribution in [0.2, 0.25) is 0 Å². The summed E-state index contributed by atoms with van der Waals surface area (Å²) in [5, 5.41) is 4.16.